The number of allylic oxidation sites excluding steroid dienone is 1. The number of aryl methyl sites for hydroxylation is 1. The molecule has 18 heavy (non-hydrogen) atoms. The molecule has 98 valence electrons. The molecule has 0 spiro atoms. The van der Waals surface area contributed by atoms with Gasteiger partial charge in [0.05, 0.1) is 12.6 Å². The monoisotopic (exact) mass is 265 g/mol. The molecule has 1 aromatic carbocycles. The van der Waals surface area contributed by atoms with Gasteiger partial charge in [0.15, 0.2) is 0 Å². The van der Waals surface area contributed by atoms with E-state index in [4.69, 9.17) is 16.3 Å². The summed E-state index contributed by atoms with van der Waals surface area (Å²) in [6, 6.07) is 6.14. The summed E-state index contributed by atoms with van der Waals surface area (Å²) in [5, 5.41) is 4.26. The molecule has 2 nitrogen and oxygen atoms in total. The smallest absolute Gasteiger partial charge is 0.113 e. The summed E-state index contributed by atoms with van der Waals surface area (Å²) in [7, 11) is 0. The lowest BCUT2D eigenvalue weighted by molar-refractivity contribution is 0.168. The Morgan fingerprint density at radius 3 is 2.94 bits per heavy atom. The zero-order valence-electron chi connectivity index (χ0n) is 11.0. The molecule has 1 unspecified atom stereocenters. The summed E-state index contributed by atoms with van der Waals surface area (Å²) in [5.74, 6) is 1.04. The molecule has 1 aromatic rings. The van der Waals surface area contributed by atoms with Crippen molar-refractivity contribution in [3.05, 3.63) is 46.2 Å². The maximum atomic E-state index is 6.11. The second kappa shape index (κ2) is 6.26. The first kappa shape index (κ1) is 13.4. The molecule has 1 heterocycles. The average Bonchev–Trinajstić information content (AvgIpc) is 2.40. The van der Waals surface area contributed by atoms with Crippen LogP contribution in [0.3, 0.4) is 0 Å². The summed E-state index contributed by atoms with van der Waals surface area (Å²) in [5.41, 5.74) is 2.44. The Morgan fingerprint density at radius 2 is 2.28 bits per heavy atom. The summed E-state index contributed by atoms with van der Waals surface area (Å²) in [6.45, 7) is 5.93. The molecule has 2 rings (SSSR count). The van der Waals surface area contributed by atoms with E-state index in [1.54, 1.807) is 0 Å². The molecule has 1 N–H and O–H groups in total. The first-order chi connectivity index (χ1) is 8.72. The van der Waals surface area contributed by atoms with Crippen LogP contribution in [0, 0.1) is 6.92 Å². The van der Waals surface area contributed by atoms with E-state index in [0.717, 1.165) is 36.8 Å². The molecule has 1 atom stereocenters. The van der Waals surface area contributed by atoms with Gasteiger partial charge in [-0.05, 0) is 55.6 Å². The topological polar surface area (TPSA) is 21.3 Å². The summed E-state index contributed by atoms with van der Waals surface area (Å²) >= 11 is 6.11. The fourth-order valence-corrected chi connectivity index (χ4v) is 2.45. The number of rotatable bonds is 4. The lowest BCUT2D eigenvalue weighted by Crippen LogP contribution is -2.26. The Bertz CT molecular complexity index is 442. The molecular weight excluding hydrogens is 246 g/mol. The highest BCUT2D eigenvalue weighted by atomic mass is 35.5. The van der Waals surface area contributed by atoms with Crippen LogP contribution in [0.25, 0.3) is 0 Å². The predicted octanol–water partition coefficient (Wildman–Crippen LogP) is 3.99. The predicted molar refractivity (Wildman–Crippen MR) is 75.9 cm³/mol. The fourth-order valence-electron chi connectivity index (χ4n) is 2.27. The molecule has 1 aliphatic heterocycles. The number of likely N-dealkylation sites (N-methyl/N-ethyl adjacent to an activating group) is 1. The van der Waals surface area contributed by atoms with Gasteiger partial charge in [-0.3, -0.25) is 0 Å². The normalized spacial score (nSPS) is 16.9. The van der Waals surface area contributed by atoms with Gasteiger partial charge < -0.3 is 10.1 Å². The third kappa shape index (κ3) is 3.06. The van der Waals surface area contributed by atoms with E-state index in [2.05, 4.69) is 31.3 Å². The molecule has 3 heteroatoms. The van der Waals surface area contributed by atoms with E-state index in [0.29, 0.717) is 0 Å². The fraction of sp³-hybridized carbons (Fsp3) is 0.467. The molecule has 0 radical (unpaired) electrons. The molecule has 0 aromatic heterocycles. The molecule has 1 aliphatic rings. The van der Waals surface area contributed by atoms with Crippen molar-refractivity contribution in [2.45, 2.75) is 32.7 Å². The van der Waals surface area contributed by atoms with Crippen molar-refractivity contribution < 1.29 is 4.74 Å². The van der Waals surface area contributed by atoms with Crippen molar-refractivity contribution in [1.29, 1.82) is 0 Å². The van der Waals surface area contributed by atoms with Crippen LogP contribution in [-0.2, 0) is 4.74 Å². The van der Waals surface area contributed by atoms with Crippen LogP contribution in [0.4, 0.5) is 0 Å². The van der Waals surface area contributed by atoms with Crippen molar-refractivity contribution in [2.75, 3.05) is 13.2 Å². The van der Waals surface area contributed by atoms with Gasteiger partial charge in [0.25, 0.3) is 0 Å². The SMILES string of the molecule is CCNC(C1=CCCCO1)c1cc(Cl)ccc1C. The van der Waals surface area contributed by atoms with Crippen molar-refractivity contribution >= 4 is 11.6 Å². The van der Waals surface area contributed by atoms with Crippen molar-refractivity contribution in [1.82, 2.24) is 5.32 Å². The van der Waals surface area contributed by atoms with E-state index < -0.39 is 0 Å². The molecule has 0 aliphatic carbocycles. The van der Waals surface area contributed by atoms with Crippen LogP contribution in [0.5, 0.6) is 0 Å². The van der Waals surface area contributed by atoms with E-state index in [9.17, 15) is 0 Å². The minimum absolute atomic E-state index is 0.119. The van der Waals surface area contributed by atoms with Crippen LogP contribution in [0.15, 0.2) is 30.0 Å². The standard InChI is InChI=1S/C15H20ClNO/c1-3-17-15(14-6-4-5-9-18-14)13-10-12(16)8-7-11(13)2/h6-8,10,15,17H,3-5,9H2,1-2H3. The Hall–Kier alpha value is -0.990. The van der Waals surface area contributed by atoms with Crippen LogP contribution in [0.2, 0.25) is 5.02 Å². The van der Waals surface area contributed by atoms with Gasteiger partial charge in [0.2, 0.25) is 0 Å². The van der Waals surface area contributed by atoms with Gasteiger partial charge in [0, 0.05) is 5.02 Å². The highest BCUT2D eigenvalue weighted by Crippen LogP contribution is 2.30. The van der Waals surface area contributed by atoms with Crippen molar-refractivity contribution in [3.63, 3.8) is 0 Å². The van der Waals surface area contributed by atoms with Crippen molar-refractivity contribution in [3.8, 4) is 0 Å². The second-order valence-corrected chi connectivity index (χ2v) is 5.03. The Balaban J connectivity index is 2.34. The number of nitrogens with one attached hydrogen (secondary N) is 1. The minimum atomic E-state index is 0.119. The van der Waals surface area contributed by atoms with Gasteiger partial charge in [-0.15, -0.1) is 0 Å². The lowest BCUT2D eigenvalue weighted by atomic mass is 9.98. The number of ether oxygens (including phenoxy) is 1. The van der Waals surface area contributed by atoms with Crippen molar-refractivity contribution in [2.24, 2.45) is 0 Å². The van der Waals surface area contributed by atoms with E-state index in [1.165, 1.54) is 11.1 Å². The molecule has 0 saturated carbocycles. The quantitative estimate of drug-likeness (QED) is 0.889. The molecule has 0 bridgehead atoms. The first-order valence-corrected chi connectivity index (χ1v) is 6.92. The average molecular weight is 266 g/mol. The third-order valence-electron chi connectivity index (χ3n) is 3.21. The number of halogens is 1. The molecular formula is C15H20ClNO. The third-order valence-corrected chi connectivity index (χ3v) is 3.44. The highest BCUT2D eigenvalue weighted by Gasteiger charge is 2.20. The number of hydrogen-bond acceptors (Lipinski definition) is 2. The first-order valence-electron chi connectivity index (χ1n) is 6.54. The molecule has 0 amide bonds. The van der Waals surface area contributed by atoms with Gasteiger partial charge in [-0.2, -0.15) is 0 Å². The van der Waals surface area contributed by atoms with Crippen LogP contribution >= 0.6 is 11.6 Å². The van der Waals surface area contributed by atoms with E-state index in [-0.39, 0.29) is 6.04 Å². The maximum absolute atomic E-state index is 6.11. The van der Waals surface area contributed by atoms with E-state index >= 15 is 0 Å². The Labute approximate surface area is 114 Å². The largest absolute Gasteiger partial charge is 0.496 e. The zero-order valence-corrected chi connectivity index (χ0v) is 11.8. The second-order valence-electron chi connectivity index (χ2n) is 4.59. The van der Waals surface area contributed by atoms with Crippen LogP contribution < -0.4 is 5.32 Å². The summed E-state index contributed by atoms with van der Waals surface area (Å²) < 4.78 is 5.80. The summed E-state index contributed by atoms with van der Waals surface area (Å²) in [4.78, 5) is 0. The molecule has 0 saturated heterocycles. The number of benzene rings is 1. The minimum Gasteiger partial charge on any atom is -0.496 e. The maximum Gasteiger partial charge on any atom is 0.113 e. The van der Waals surface area contributed by atoms with Crippen LogP contribution in [-0.4, -0.2) is 13.2 Å². The van der Waals surface area contributed by atoms with Gasteiger partial charge in [-0.25, -0.2) is 0 Å². The Morgan fingerprint density at radius 1 is 1.44 bits per heavy atom. The zero-order chi connectivity index (χ0) is 13.0. The van der Waals surface area contributed by atoms with Gasteiger partial charge >= 0.3 is 0 Å². The van der Waals surface area contributed by atoms with Crippen LogP contribution in [0.1, 0.15) is 36.9 Å². The number of hydrogen-bond donors (Lipinski definition) is 1. The summed E-state index contributed by atoms with van der Waals surface area (Å²) in [6.07, 6.45) is 4.39. The van der Waals surface area contributed by atoms with Gasteiger partial charge in [0.1, 0.15) is 5.76 Å². The Kier molecular flexibility index (Phi) is 4.67. The van der Waals surface area contributed by atoms with E-state index in [1.807, 2.05) is 12.1 Å². The molecule has 0 fully saturated rings. The van der Waals surface area contributed by atoms with Gasteiger partial charge in [-0.1, -0.05) is 24.6 Å². The highest BCUT2D eigenvalue weighted by molar-refractivity contribution is 6.30. The lowest BCUT2D eigenvalue weighted by Gasteiger charge is -2.26.